The van der Waals surface area contributed by atoms with Gasteiger partial charge in [0, 0.05) is 12.0 Å². The predicted octanol–water partition coefficient (Wildman–Crippen LogP) is 4.00. The number of nitrogens with zero attached hydrogens (tertiary/aromatic N) is 1. The number of carbonyl (C=O) groups is 1. The van der Waals surface area contributed by atoms with Gasteiger partial charge < -0.3 is 9.15 Å². The molecule has 0 fully saturated rings. The lowest BCUT2D eigenvalue weighted by Gasteiger charge is -2.09. The number of oxazole rings is 1. The Bertz CT molecular complexity index is 1160. The van der Waals surface area contributed by atoms with Gasteiger partial charge in [0.2, 0.25) is 5.89 Å². The van der Waals surface area contributed by atoms with Crippen molar-refractivity contribution < 1.29 is 22.4 Å². The largest absolute Gasteiger partial charge is 0.497 e. The first-order valence-electron chi connectivity index (χ1n) is 9.56. The third kappa shape index (κ3) is 5.16. The van der Waals surface area contributed by atoms with Crippen LogP contribution in [0.4, 0.5) is 0 Å². The zero-order valence-electron chi connectivity index (χ0n) is 17.6. The van der Waals surface area contributed by atoms with E-state index in [0.29, 0.717) is 28.7 Å². The molecule has 0 atom stereocenters. The fourth-order valence-corrected chi connectivity index (χ4v) is 4.70. The number of ether oxygens (including phenoxy) is 1. The molecule has 0 saturated heterocycles. The molecular weight excluding hydrogens is 402 g/mol. The fourth-order valence-electron chi connectivity index (χ4n) is 3.32. The van der Waals surface area contributed by atoms with Crippen molar-refractivity contribution in [3.8, 4) is 17.2 Å². The Morgan fingerprint density at radius 1 is 1.07 bits per heavy atom. The van der Waals surface area contributed by atoms with Gasteiger partial charge in [-0.25, -0.2) is 13.4 Å². The van der Waals surface area contributed by atoms with E-state index in [2.05, 4.69) is 4.98 Å². The van der Waals surface area contributed by atoms with Crippen molar-refractivity contribution in [2.24, 2.45) is 0 Å². The lowest BCUT2D eigenvalue weighted by Crippen LogP contribution is -2.20. The Hall–Kier alpha value is -2.93. The average molecular weight is 428 g/mol. The van der Waals surface area contributed by atoms with Gasteiger partial charge in [-0.1, -0.05) is 24.3 Å². The number of benzene rings is 2. The molecule has 0 unspecified atom stereocenters. The molecule has 30 heavy (non-hydrogen) atoms. The van der Waals surface area contributed by atoms with Gasteiger partial charge in [0.1, 0.15) is 17.3 Å². The minimum absolute atomic E-state index is 0.102. The summed E-state index contributed by atoms with van der Waals surface area (Å²) in [6, 6.07) is 12.9. The van der Waals surface area contributed by atoms with Crippen molar-refractivity contribution in [2.45, 2.75) is 32.9 Å². The van der Waals surface area contributed by atoms with E-state index in [9.17, 15) is 13.2 Å². The number of rotatable bonds is 8. The van der Waals surface area contributed by atoms with Crippen LogP contribution in [0.2, 0.25) is 0 Å². The average Bonchev–Trinajstić information content (AvgIpc) is 3.04. The number of carbonyl (C=O) groups excluding carboxylic acids is 1. The number of aryl methyl sites for hydroxylation is 3. The number of hydrogen-bond donors (Lipinski definition) is 0. The molecule has 0 aliphatic heterocycles. The number of ketones is 1. The van der Waals surface area contributed by atoms with Crippen LogP contribution in [0.1, 0.15) is 28.1 Å². The summed E-state index contributed by atoms with van der Waals surface area (Å²) in [6.45, 7) is 5.51. The van der Waals surface area contributed by atoms with Crippen LogP contribution in [0, 0.1) is 20.8 Å². The minimum atomic E-state index is -3.68. The van der Waals surface area contributed by atoms with Crippen molar-refractivity contribution in [1.82, 2.24) is 4.98 Å². The Morgan fingerprint density at radius 2 is 1.73 bits per heavy atom. The number of aromatic nitrogens is 1. The van der Waals surface area contributed by atoms with E-state index in [0.717, 1.165) is 16.7 Å². The molecule has 0 amide bonds. The van der Waals surface area contributed by atoms with Crippen molar-refractivity contribution in [2.75, 3.05) is 12.9 Å². The molecule has 0 spiro atoms. The molecule has 3 aromatic rings. The van der Waals surface area contributed by atoms with Crippen LogP contribution in [-0.4, -0.2) is 32.0 Å². The second-order valence-corrected chi connectivity index (χ2v) is 9.44. The van der Waals surface area contributed by atoms with Crippen LogP contribution < -0.4 is 4.74 Å². The summed E-state index contributed by atoms with van der Waals surface area (Å²) in [7, 11) is -2.12. The highest BCUT2D eigenvalue weighted by Gasteiger charge is 2.23. The first-order valence-corrected chi connectivity index (χ1v) is 11.4. The van der Waals surface area contributed by atoms with Crippen LogP contribution in [0.25, 0.3) is 11.5 Å². The summed E-state index contributed by atoms with van der Waals surface area (Å²) in [6.07, 6.45) is 0.102. The van der Waals surface area contributed by atoms with Gasteiger partial charge in [-0.05, 0) is 55.7 Å². The van der Waals surface area contributed by atoms with Gasteiger partial charge >= 0.3 is 0 Å². The zero-order chi connectivity index (χ0) is 21.9. The molecule has 6 nitrogen and oxygen atoms in total. The highest BCUT2D eigenvalue weighted by molar-refractivity contribution is 7.91. The normalized spacial score (nSPS) is 11.5. The molecule has 0 radical (unpaired) electrons. The van der Waals surface area contributed by atoms with Gasteiger partial charge in [0.25, 0.3) is 0 Å². The van der Waals surface area contributed by atoms with Crippen molar-refractivity contribution in [3.05, 3.63) is 70.6 Å². The molecule has 0 aliphatic rings. The highest BCUT2D eigenvalue weighted by Crippen LogP contribution is 2.26. The first-order chi connectivity index (χ1) is 14.2. The molecule has 3 rings (SSSR count). The van der Waals surface area contributed by atoms with Crippen molar-refractivity contribution in [3.63, 3.8) is 0 Å². The van der Waals surface area contributed by atoms with Crippen molar-refractivity contribution >= 4 is 15.6 Å². The summed E-state index contributed by atoms with van der Waals surface area (Å²) in [5, 5.41) is 0. The molecular formula is C23H25NO5S. The van der Waals surface area contributed by atoms with E-state index < -0.39 is 15.6 Å². The lowest BCUT2D eigenvalue weighted by molar-refractivity contribution is -0.116. The Labute approximate surface area is 176 Å². The van der Waals surface area contributed by atoms with E-state index in [1.54, 1.807) is 38.3 Å². The highest BCUT2D eigenvalue weighted by atomic mass is 32.2. The minimum Gasteiger partial charge on any atom is -0.497 e. The molecule has 0 bridgehead atoms. The number of methoxy groups -OCH3 is 1. The predicted molar refractivity (Wildman–Crippen MR) is 115 cm³/mol. The van der Waals surface area contributed by atoms with Gasteiger partial charge in [0.05, 0.1) is 18.6 Å². The summed E-state index contributed by atoms with van der Waals surface area (Å²) >= 11 is 0. The quantitative estimate of drug-likeness (QED) is 0.540. The maximum atomic E-state index is 12.6. The summed E-state index contributed by atoms with van der Waals surface area (Å²) in [5.41, 5.74) is 3.85. The van der Waals surface area contributed by atoms with Crippen LogP contribution in [0.15, 0.2) is 46.9 Å². The molecule has 0 aliphatic carbocycles. The van der Waals surface area contributed by atoms with Crippen LogP contribution in [0.5, 0.6) is 5.75 Å². The van der Waals surface area contributed by atoms with Gasteiger partial charge in [-0.15, -0.1) is 0 Å². The number of sulfone groups is 1. The first kappa shape index (κ1) is 21.8. The third-order valence-electron chi connectivity index (χ3n) is 4.97. The van der Waals surface area contributed by atoms with Crippen LogP contribution in [0.3, 0.4) is 0 Å². The van der Waals surface area contributed by atoms with Gasteiger partial charge in [0.15, 0.2) is 15.6 Å². The molecule has 7 heteroatoms. The SMILES string of the molecule is COc1cccc(-c2nc(CS(=O)(=O)CC(=O)Cc3c(C)cccc3C)c(C)o2)c1. The standard InChI is InChI=1S/C23H25NO5S/c1-15-7-5-8-16(2)21(15)12-19(25)13-30(26,27)14-22-17(3)29-23(24-22)18-9-6-10-20(11-18)28-4/h5-11H,12-14H2,1-4H3. The molecule has 1 aromatic heterocycles. The Morgan fingerprint density at radius 3 is 2.40 bits per heavy atom. The number of Topliss-reactive ketones (excluding diaryl/α,β-unsaturated/α-hetero) is 1. The molecule has 1 heterocycles. The lowest BCUT2D eigenvalue weighted by atomic mass is 9.99. The summed E-state index contributed by atoms with van der Waals surface area (Å²) < 4.78 is 36.2. The summed E-state index contributed by atoms with van der Waals surface area (Å²) in [4.78, 5) is 16.8. The van der Waals surface area contributed by atoms with Gasteiger partial charge in [-0.2, -0.15) is 0 Å². The van der Waals surface area contributed by atoms with E-state index >= 15 is 0 Å². The van der Waals surface area contributed by atoms with Crippen LogP contribution >= 0.6 is 0 Å². The Kier molecular flexibility index (Phi) is 6.41. The molecule has 158 valence electrons. The van der Waals surface area contributed by atoms with Crippen molar-refractivity contribution in [1.29, 1.82) is 0 Å². The van der Waals surface area contributed by atoms with Crippen LogP contribution in [-0.2, 0) is 26.8 Å². The molecule has 2 aromatic carbocycles. The second-order valence-electron chi connectivity index (χ2n) is 7.37. The van der Waals surface area contributed by atoms with E-state index in [1.807, 2.05) is 32.0 Å². The summed E-state index contributed by atoms with van der Waals surface area (Å²) in [5.74, 6) is 0.181. The molecule has 0 saturated carbocycles. The third-order valence-corrected chi connectivity index (χ3v) is 6.44. The zero-order valence-corrected chi connectivity index (χ0v) is 18.4. The van der Waals surface area contributed by atoms with E-state index in [4.69, 9.17) is 9.15 Å². The maximum Gasteiger partial charge on any atom is 0.226 e. The van der Waals surface area contributed by atoms with E-state index in [1.165, 1.54) is 0 Å². The maximum absolute atomic E-state index is 12.6. The smallest absolute Gasteiger partial charge is 0.226 e. The monoisotopic (exact) mass is 427 g/mol. The van der Waals surface area contributed by atoms with Gasteiger partial charge in [-0.3, -0.25) is 4.79 Å². The second kappa shape index (κ2) is 8.83. The molecule has 0 N–H and O–H groups in total. The number of hydrogen-bond acceptors (Lipinski definition) is 6. The fraction of sp³-hybridized carbons (Fsp3) is 0.304. The topological polar surface area (TPSA) is 86.5 Å². The van der Waals surface area contributed by atoms with E-state index in [-0.39, 0.29) is 18.0 Å². The Balaban J connectivity index is 1.74.